The summed E-state index contributed by atoms with van der Waals surface area (Å²) in [6, 6.07) is 0. The number of likely N-dealkylation sites (N-methyl/N-ethyl adjacent to an activating group) is 1. The summed E-state index contributed by atoms with van der Waals surface area (Å²) in [7, 11) is 1.72. The van der Waals surface area contributed by atoms with E-state index in [1.807, 2.05) is 0 Å². The van der Waals surface area contributed by atoms with Gasteiger partial charge in [0.25, 0.3) is 0 Å². The first-order valence-corrected chi connectivity index (χ1v) is 5.41. The van der Waals surface area contributed by atoms with Gasteiger partial charge in [0.05, 0.1) is 6.42 Å². The lowest BCUT2D eigenvalue weighted by Gasteiger charge is -2.17. The standard InChI is InChI=1S/C10H21F3N2/c1-3-4-6-14-7-9-15(2)8-5-10(11,12)13/h14H,3-9H2,1-2H3. The summed E-state index contributed by atoms with van der Waals surface area (Å²) in [6.45, 7) is 4.56. The Morgan fingerprint density at radius 3 is 2.33 bits per heavy atom. The van der Waals surface area contributed by atoms with Crippen molar-refractivity contribution in [2.45, 2.75) is 32.4 Å². The molecule has 0 radical (unpaired) electrons. The average molecular weight is 226 g/mol. The van der Waals surface area contributed by atoms with Crippen LogP contribution in [0.25, 0.3) is 0 Å². The minimum Gasteiger partial charge on any atom is -0.315 e. The van der Waals surface area contributed by atoms with Crippen molar-refractivity contribution in [2.75, 3.05) is 33.2 Å². The molecule has 0 aromatic rings. The summed E-state index contributed by atoms with van der Waals surface area (Å²) in [5.74, 6) is 0. The smallest absolute Gasteiger partial charge is 0.315 e. The van der Waals surface area contributed by atoms with Crippen molar-refractivity contribution >= 4 is 0 Å². The van der Waals surface area contributed by atoms with Gasteiger partial charge in [-0.2, -0.15) is 13.2 Å². The third kappa shape index (κ3) is 11.6. The monoisotopic (exact) mass is 226 g/mol. The molecule has 0 fully saturated rings. The molecule has 2 nitrogen and oxygen atoms in total. The van der Waals surface area contributed by atoms with Crippen LogP contribution in [-0.2, 0) is 0 Å². The van der Waals surface area contributed by atoms with E-state index < -0.39 is 12.6 Å². The van der Waals surface area contributed by atoms with E-state index in [0.717, 1.165) is 25.9 Å². The van der Waals surface area contributed by atoms with Gasteiger partial charge in [-0.1, -0.05) is 13.3 Å². The molecule has 15 heavy (non-hydrogen) atoms. The largest absolute Gasteiger partial charge is 0.390 e. The highest BCUT2D eigenvalue weighted by Gasteiger charge is 2.26. The molecule has 0 amide bonds. The van der Waals surface area contributed by atoms with Gasteiger partial charge in [0.15, 0.2) is 0 Å². The van der Waals surface area contributed by atoms with Gasteiger partial charge in [-0.3, -0.25) is 0 Å². The average Bonchev–Trinajstić information content (AvgIpc) is 2.13. The van der Waals surface area contributed by atoms with Crippen molar-refractivity contribution < 1.29 is 13.2 Å². The van der Waals surface area contributed by atoms with Crippen LogP contribution in [0.4, 0.5) is 13.2 Å². The van der Waals surface area contributed by atoms with E-state index in [0.29, 0.717) is 6.54 Å². The van der Waals surface area contributed by atoms with Gasteiger partial charge < -0.3 is 10.2 Å². The molecule has 0 aromatic heterocycles. The summed E-state index contributed by atoms with van der Waals surface area (Å²) >= 11 is 0. The maximum absolute atomic E-state index is 11.9. The number of alkyl halides is 3. The van der Waals surface area contributed by atoms with Gasteiger partial charge in [-0.15, -0.1) is 0 Å². The van der Waals surface area contributed by atoms with Crippen LogP contribution in [0.2, 0.25) is 0 Å². The Morgan fingerprint density at radius 1 is 1.13 bits per heavy atom. The third-order valence-electron chi connectivity index (χ3n) is 2.15. The van der Waals surface area contributed by atoms with Crippen LogP contribution in [0.3, 0.4) is 0 Å². The quantitative estimate of drug-likeness (QED) is 0.639. The first-order chi connectivity index (χ1) is 6.95. The summed E-state index contributed by atoms with van der Waals surface area (Å²) in [5, 5.41) is 3.19. The van der Waals surface area contributed by atoms with Crippen LogP contribution in [0.5, 0.6) is 0 Å². The van der Waals surface area contributed by atoms with Crippen LogP contribution in [0.15, 0.2) is 0 Å². The van der Waals surface area contributed by atoms with E-state index in [1.54, 1.807) is 11.9 Å². The molecule has 0 unspecified atom stereocenters. The molecule has 0 saturated heterocycles. The predicted octanol–water partition coefficient (Wildman–Crippen LogP) is 2.26. The van der Waals surface area contributed by atoms with Gasteiger partial charge >= 0.3 is 6.18 Å². The molecule has 0 heterocycles. The molecule has 1 N–H and O–H groups in total. The molecule has 0 aromatic carbocycles. The molecular weight excluding hydrogens is 205 g/mol. The summed E-state index contributed by atoms with van der Waals surface area (Å²) in [6.07, 6.45) is -2.51. The highest BCUT2D eigenvalue weighted by Crippen LogP contribution is 2.19. The predicted molar refractivity (Wildman–Crippen MR) is 55.9 cm³/mol. The first-order valence-electron chi connectivity index (χ1n) is 5.41. The Bertz CT molecular complexity index is 148. The van der Waals surface area contributed by atoms with Crippen LogP contribution in [0, 0.1) is 0 Å². The van der Waals surface area contributed by atoms with Crippen LogP contribution >= 0.6 is 0 Å². The fraction of sp³-hybridized carbons (Fsp3) is 1.00. The molecule has 92 valence electrons. The Hall–Kier alpha value is -0.290. The van der Waals surface area contributed by atoms with E-state index in [1.165, 1.54) is 0 Å². The second-order valence-electron chi connectivity index (χ2n) is 3.77. The summed E-state index contributed by atoms with van der Waals surface area (Å²) in [4.78, 5) is 1.70. The van der Waals surface area contributed by atoms with Crippen LogP contribution in [0.1, 0.15) is 26.2 Å². The van der Waals surface area contributed by atoms with Crippen molar-refractivity contribution in [2.24, 2.45) is 0 Å². The second-order valence-corrected chi connectivity index (χ2v) is 3.77. The van der Waals surface area contributed by atoms with Crippen molar-refractivity contribution in [3.05, 3.63) is 0 Å². The molecule has 0 atom stereocenters. The number of nitrogens with zero attached hydrogens (tertiary/aromatic N) is 1. The Labute approximate surface area is 89.8 Å². The molecule has 0 saturated carbocycles. The van der Waals surface area contributed by atoms with Gasteiger partial charge in [-0.05, 0) is 20.0 Å². The Morgan fingerprint density at radius 2 is 1.80 bits per heavy atom. The van der Waals surface area contributed by atoms with Crippen molar-refractivity contribution in [3.8, 4) is 0 Å². The molecule has 0 rings (SSSR count). The number of unbranched alkanes of at least 4 members (excludes halogenated alkanes) is 1. The SMILES string of the molecule is CCCCNCCN(C)CCC(F)(F)F. The zero-order valence-corrected chi connectivity index (χ0v) is 9.53. The maximum atomic E-state index is 11.9. The zero-order valence-electron chi connectivity index (χ0n) is 9.53. The lowest BCUT2D eigenvalue weighted by Crippen LogP contribution is -2.32. The minimum atomic E-state index is -4.04. The second kappa shape index (κ2) is 7.93. The molecule has 0 spiro atoms. The summed E-state index contributed by atoms with van der Waals surface area (Å²) < 4.78 is 35.6. The van der Waals surface area contributed by atoms with E-state index in [9.17, 15) is 13.2 Å². The maximum Gasteiger partial charge on any atom is 0.390 e. The van der Waals surface area contributed by atoms with E-state index in [-0.39, 0.29) is 6.54 Å². The highest BCUT2D eigenvalue weighted by molar-refractivity contribution is 4.58. The van der Waals surface area contributed by atoms with Crippen LogP contribution in [-0.4, -0.2) is 44.3 Å². The van der Waals surface area contributed by atoms with Gasteiger partial charge in [0.1, 0.15) is 0 Å². The molecule has 0 bridgehead atoms. The number of rotatable bonds is 8. The zero-order chi connectivity index (χ0) is 11.7. The normalized spacial score (nSPS) is 12.4. The first kappa shape index (κ1) is 14.7. The minimum absolute atomic E-state index is 0.0823. The fourth-order valence-electron chi connectivity index (χ4n) is 1.13. The van der Waals surface area contributed by atoms with E-state index >= 15 is 0 Å². The number of halogens is 3. The van der Waals surface area contributed by atoms with Gasteiger partial charge in [-0.25, -0.2) is 0 Å². The van der Waals surface area contributed by atoms with Crippen molar-refractivity contribution in [1.82, 2.24) is 10.2 Å². The van der Waals surface area contributed by atoms with Gasteiger partial charge in [0, 0.05) is 19.6 Å². The molecular formula is C10H21F3N2. The number of hydrogen-bond acceptors (Lipinski definition) is 2. The topological polar surface area (TPSA) is 15.3 Å². The molecule has 0 aliphatic rings. The molecule has 5 heteroatoms. The number of nitrogens with one attached hydrogen (secondary N) is 1. The Balaban J connectivity index is 3.30. The van der Waals surface area contributed by atoms with Crippen molar-refractivity contribution in [1.29, 1.82) is 0 Å². The third-order valence-corrected chi connectivity index (χ3v) is 2.15. The Kier molecular flexibility index (Phi) is 7.78. The fourth-order valence-corrected chi connectivity index (χ4v) is 1.13. The van der Waals surface area contributed by atoms with E-state index in [4.69, 9.17) is 0 Å². The molecule has 0 aliphatic carbocycles. The van der Waals surface area contributed by atoms with E-state index in [2.05, 4.69) is 12.2 Å². The molecule has 0 aliphatic heterocycles. The lowest BCUT2D eigenvalue weighted by molar-refractivity contribution is -0.137. The highest BCUT2D eigenvalue weighted by atomic mass is 19.4. The van der Waals surface area contributed by atoms with Crippen molar-refractivity contribution in [3.63, 3.8) is 0 Å². The van der Waals surface area contributed by atoms with Crippen LogP contribution < -0.4 is 5.32 Å². The van der Waals surface area contributed by atoms with Gasteiger partial charge in [0.2, 0.25) is 0 Å². The summed E-state index contributed by atoms with van der Waals surface area (Å²) in [5.41, 5.74) is 0. The number of hydrogen-bond donors (Lipinski definition) is 1. The lowest BCUT2D eigenvalue weighted by atomic mass is 10.3.